The zero-order valence-electron chi connectivity index (χ0n) is 41.2. The fourth-order valence-corrected chi connectivity index (χ4v) is 6.80. The van der Waals surface area contributed by atoms with Crippen LogP contribution in [0.5, 0.6) is 0 Å². The largest absolute Gasteiger partial charge is 0.309 e. The third kappa shape index (κ3) is 4.23. The van der Waals surface area contributed by atoms with Gasteiger partial charge in [0.1, 0.15) is 0 Å². The Morgan fingerprint density at radius 1 is 0.523 bits per heavy atom. The highest BCUT2D eigenvalue weighted by atomic mass is 79.9. The highest BCUT2D eigenvalue weighted by Gasteiger charge is 2.56. The first kappa shape index (κ1) is 15.3. The van der Waals surface area contributed by atoms with Gasteiger partial charge in [0.2, 0.25) is 0 Å². The third-order valence-electron chi connectivity index (χ3n) is 8.54. The lowest BCUT2D eigenvalue weighted by molar-refractivity contribution is 0.125. The standard InChI is InChI=1S/C41H37Br2N/c1-39(2)35-24-15-26(25-36(35)40(3,4)41(39,5)6)37-31-11-7-9-13-33(31)38(34-14-10-8-12-32(34)37)44(29-20-16-27(42)17-21-29)30-22-18-28(43)19-23-30/h7-25H,1-6H3/i1D3,2D3,3D3,4D3,5D3,6D3. The van der Waals surface area contributed by atoms with E-state index in [1.807, 2.05) is 77.7 Å². The van der Waals surface area contributed by atoms with Gasteiger partial charge < -0.3 is 4.90 Å². The first-order chi connectivity index (χ1) is 28.4. The van der Waals surface area contributed by atoms with Gasteiger partial charge in [-0.1, -0.05) is 140 Å². The maximum Gasteiger partial charge on any atom is 0.0618 e. The molecule has 0 spiro atoms. The minimum Gasteiger partial charge on any atom is -0.309 e. The van der Waals surface area contributed by atoms with E-state index in [4.69, 9.17) is 24.7 Å². The normalized spacial score (nSPS) is 24.0. The number of halogens is 2. The average molecular weight is 722 g/mol. The number of rotatable bonds is 4. The Kier molecular flexibility index (Phi) is 3.58. The van der Waals surface area contributed by atoms with Crippen molar-refractivity contribution >= 4 is 70.5 Å². The molecule has 0 aromatic heterocycles. The molecule has 0 saturated carbocycles. The molecule has 6 aromatic carbocycles. The van der Waals surface area contributed by atoms with E-state index in [1.165, 1.54) is 6.07 Å². The molecule has 0 heterocycles. The number of benzene rings is 6. The summed E-state index contributed by atoms with van der Waals surface area (Å²) in [6.45, 7) is -25.4. The van der Waals surface area contributed by atoms with Gasteiger partial charge in [-0.3, -0.25) is 0 Å². The molecule has 0 fully saturated rings. The predicted octanol–water partition coefficient (Wildman–Crippen LogP) is 13.2. The summed E-state index contributed by atoms with van der Waals surface area (Å²) >= 11 is 7.04. The lowest BCUT2D eigenvalue weighted by Gasteiger charge is -2.44. The highest BCUT2D eigenvalue weighted by Crippen LogP contribution is 2.62. The van der Waals surface area contributed by atoms with E-state index in [1.54, 1.807) is 24.3 Å². The molecular formula is C41H37Br2N. The van der Waals surface area contributed by atoms with E-state index >= 15 is 0 Å². The van der Waals surface area contributed by atoms with Crippen LogP contribution >= 0.6 is 31.9 Å². The summed E-state index contributed by atoms with van der Waals surface area (Å²) in [7, 11) is 0. The molecule has 1 aliphatic carbocycles. The Morgan fingerprint density at radius 3 is 1.48 bits per heavy atom. The molecule has 6 aromatic rings. The molecule has 0 aliphatic heterocycles. The van der Waals surface area contributed by atoms with Crippen LogP contribution < -0.4 is 4.90 Å². The Bertz CT molecular complexity index is 2550. The maximum atomic E-state index is 8.96. The van der Waals surface area contributed by atoms with E-state index in [0.717, 1.165) is 32.5 Å². The molecule has 0 saturated heterocycles. The van der Waals surface area contributed by atoms with Crippen molar-refractivity contribution in [2.45, 2.75) is 51.9 Å². The van der Waals surface area contributed by atoms with Crippen molar-refractivity contribution in [2.24, 2.45) is 5.41 Å². The van der Waals surface area contributed by atoms with Crippen LogP contribution in [0.2, 0.25) is 0 Å². The van der Waals surface area contributed by atoms with Gasteiger partial charge in [0.25, 0.3) is 0 Å². The topological polar surface area (TPSA) is 3.24 Å². The first-order valence-electron chi connectivity index (χ1n) is 22.8. The van der Waals surface area contributed by atoms with Gasteiger partial charge in [-0.2, -0.15) is 0 Å². The number of hydrogen-bond donors (Lipinski definition) is 0. The SMILES string of the molecule is [2H]C([2H])([2H])C1(C([2H])([2H])[2H])c2ccc(-c3c4ccccc4c(N(c4ccc(Br)cc4)c4ccc(Br)cc4)c4ccccc34)cc2C(C([2H])([2H])[2H])(C([2H])([2H])[2H])C1(C([2H])([2H])[2H])C([2H])([2H])[2H]. The highest BCUT2D eigenvalue weighted by molar-refractivity contribution is 9.10. The van der Waals surface area contributed by atoms with Crippen molar-refractivity contribution in [3.05, 3.63) is 135 Å². The van der Waals surface area contributed by atoms with Crippen LogP contribution in [0.25, 0.3) is 32.7 Å². The molecule has 220 valence electrons. The minimum atomic E-state index is -4.49. The Balaban J connectivity index is 1.72. The Morgan fingerprint density at radius 2 is 1.00 bits per heavy atom. The second-order valence-corrected chi connectivity index (χ2v) is 12.9. The number of anilines is 3. The molecular weight excluding hydrogens is 666 g/mol. The first-order valence-corrected chi connectivity index (χ1v) is 15.4. The van der Waals surface area contributed by atoms with Crippen molar-refractivity contribution < 1.29 is 24.7 Å². The lowest BCUT2D eigenvalue weighted by atomic mass is 9.59. The summed E-state index contributed by atoms with van der Waals surface area (Å²) in [5.74, 6) is 0. The molecule has 44 heavy (non-hydrogen) atoms. The van der Waals surface area contributed by atoms with Crippen LogP contribution in [0.3, 0.4) is 0 Å². The number of hydrogen-bond acceptors (Lipinski definition) is 1. The van der Waals surface area contributed by atoms with Crippen LogP contribution in [-0.4, -0.2) is 0 Å². The van der Waals surface area contributed by atoms with E-state index in [0.29, 0.717) is 32.8 Å². The zero-order valence-corrected chi connectivity index (χ0v) is 26.3. The fourth-order valence-electron chi connectivity index (χ4n) is 6.27. The summed E-state index contributed by atoms with van der Waals surface area (Å²) < 4.78 is 162. The monoisotopic (exact) mass is 719 g/mol. The minimum absolute atomic E-state index is 0.0521. The lowest BCUT2D eigenvalue weighted by Crippen LogP contribution is -2.42. The number of nitrogens with zero attached hydrogens (tertiary/aromatic N) is 1. The van der Waals surface area contributed by atoms with E-state index < -0.39 is 68.5 Å². The Hall–Kier alpha value is -3.40. The second kappa shape index (κ2) is 10.3. The molecule has 0 atom stereocenters. The van der Waals surface area contributed by atoms with Gasteiger partial charge >= 0.3 is 0 Å². The molecule has 0 radical (unpaired) electrons. The van der Waals surface area contributed by atoms with Gasteiger partial charge in [-0.15, -0.1) is 0 Å². The van der Waals surface area contributed by atoms with Gasteiger partial charge in [0.05, 0.1) is 5.69 Å². The van der Waals surface area contributed by atoms with Crippen molar-refractivity contribution in [2.75, 3.05) is 4.90 Å². The summed E-state index contributed by atoms with van der Waals surface area (Å²) in [5, 5.41) is 2.35. The van der Waals surface area contributed by atoms with Crippen molar-refractivity contribution in [3.63, 3.8) is 0 Å². The molecule has 1 aliphatic rings. The maximum absolute atomic E-state index is 8.96. The van der Waals surface area contributed by atoms with Crippen LogP contribution in [-0.2, 0) is 10.8 Å². The summed E-state index contributed by atoms with van der Waals surface area (Å²) in [6.07, 6.45) is 0. The molecule has 0 unspecified atom stereocenters. The third-order valence-corrected chi connectivity index (χ3v) is 9.59. The molecule has 0 N–H and O–H groups in total. The average Bonchev–Trinajstić information content (AvgIpc) is 3.44. The molecule has 7 rings (SSSR count). The van der Waals surface area contributed by atoms with E-state index in [9.17, 15) is 0 Å². The van der Waals surface area contributed by atoms with Crippen molar-refractivity contribution in [1.29, 1.82) is 0 Å². The van der Waals surface area contributed by atoms with Crippen LogP contribution in [0.15, 0.2) is 124 Å². The van der Waals surface area contributed by atoms with Gasteiger partial charge in [-0.05, 0) is 97.8 Å². The smallest absolute Gasteiger partial charge is 0.0618 e. The molecule has 0 amide bonds. The summed E-state index contributed by atoms with van der Waals surface area (Å²) in [4.78, 5) is 2.05. The van der Waals surface area contributed by atoms with Crippen LogP contribution in [0.1, 0.15) is 76.9 Å². The zero-order chi connectivity index (χ0) is 46.0. The van der Waals surface area contributed by atoms with E-state index in [-0.39, 0.29) is 5.56 Å². The van der Waals surface area contributed by atoms with Crippen LogP contribution in [0.4, 0.5) is 17.1 Å². The predicted molar refractivity (Wildman–Crippen MR) is 197 cm³/mol. The van der Waals surface area contributed by atoms with Gasteiger partial charge in [0.15, 0.2) is 0 Å². The quantitative estimate of drug-likeness (QED) is 0.164. The number of fused-ring (bicyclic) bond motifs is 3. The molecule has 1 nitrogen and oxygen atoms in total. The summed E-state index contributed by atoms with van der Waals surface area (Å²) in [6, 6.07) is 32.8. The molecule has 3 heteroatoms. The molecule has 0 bridgehead atoms. The fraction of sp³-hybridized carbons (Fsp3) is 0.220. The van der Waals surface area contributed by atoms with Gasteiger partial charge in [-0.25, -0.2) is 0 Å². The van der Waals surface area contributed by atoms with Crippen LogP contribution in [0, 0.1) is 5.41 Å². The van der Waals surface area contributed by atoms with Gasteiger partial charge in [0, 0.05) is 55.8 Å². The Labute approximate surface area is 303 Å². The van der Waals surface area contributed by atoms with Crippen molar-refractivity contribution in [3.8, 4) is 11.1 Å². The summed E-state index contributed by atoms with van der Waals surface area (Å²) in [5.41, 5.74) is -12.1. The van der Waals surface area contributed by atoms with Crippen molar-refractivity contribution in [1.82, 2.24) is 0 Å². The second-order valence-electron chi connectivity index (χ2n) is 11.1. The van der Waals surface area contributed by atoms with E-state index in [2.05, 4.69) is 31.9 Å².